The molecule has 3 heterocycles. The number of fused-ring (bicyclic) bond motifs is 3. The quantitative estimate of drug-likeness (QED) is 0.848. The molecule has 0 spiro atoms. The molecule has 0 aromatic heterocycles. The van der Waals surface area contributed by atoms with Gasteiger partial charge >= 0.3 is 0 Å². The molecule has 3 aliphatic heterocycles. The highest BCUT2D eigenvalue weighted by Gasteiger charge is 2.36. The molecule has 4 rings (SSSR count). The molecule has 0 aromatic carbocycles. The topological polar surface area (TPSA) is 40.0 Å². The van der Waals surface area contributed by atoms with Gasteiger partial charge < -0.3 is 10.2 Å². The summed E-state index contributed by atoms with van der Waals surface area (Å²) in [6.07, 6.45) is 5.15. The van der Waals surface area contributed by atoms with Gasteiger partial charge in [0.2, 0.25) is 0 Å². The van der Waals surface area contributed by atoms with Gasteiger partial charge in [-0.2, -0.15) is 0 Å². The SMILES string of the molecule is CC1(C)CN2C(CSC3=N[C@H]4CCC[C@@H](C4)N3)=CSC2=N1. The molecular formula is C15H22N4S2. The van der Waals surface area contributed by atoms with E-state index >= 15 is 0 Å². The fourth-order valence-corrected chi connectivity index (χ4v) is 5.59. The van der Waals surface area contributed by atoms with Crippen LogP contribution >= 0.6 is 23.5 Å². The molecule has 0 saturated heterocycles. The maximum absolute atomic E-state index is 4.86. The van der Waals surface area contributed by atoms with Crippen LogP contribution in [0.3, 0.4) is 0 Å². The largest absolute Gasteiger partial charge is 0.362 e. The van der Waals surface area contributed by atoms with Crippen molar-refractivity contribution in [3.05, 3.63) is 11.1 Å². The summed E-state index contributed by atoms with van der Waals surface area (Å²) in [6, 6.07) is 1.24. The second-order valence-corrected chi connectivity index (χ2v) is 8.71. The van der Waals surface area contributed by atoms with Gasteiger partial charge in [-0.1, -0.05) is 23.5 Å². The Balaban J connectivity index is 1.38. The Labute approximate surface area is 134 Å². The summed E-state index contributed by atoms with van der Waals surface area (Å²) in [5.41, 5.74) is 1.44. The average molecular weight is 323 g/mol. The number of amidine groups is 2. The Kier molecular flexibility index (Phi) is 3.49. The lowest BCUT2D eigenvalue weighted by atomic mass is 9.90. The Morgan fingerprint density at radius 1 is 1.48 bits per heavy atom. The predicted octanol–water partition coefficient (Wildman–Crippen LogP) is 3.03. The minimum atomic E-state index is 0.0597. The molecule has 0 unspecified atom stereocenters. The van der Waals surface area contributed by atoms with E-state index in [2.05, 4.69) is 29.5 Å². The fourth-order valence-electron chi connectivity index (χ4n) is 3.43. The fraction of sp³-hybridized carbons (Fsp3) is 0.733. The van der Waals surface area contributed by atoms with Crippen molar-refractivity contribution in [3.63, 3.8) is 0 Å². The van der Waals surface area contributed by atoms with E-state index in [0.29, 0.717) is 12.1 Å². The zero-order valence-electron chi connectivity index (χ0n) is 12.6. The first-order valence-corrected chi connectivity index (χ1v) is 9.66. The van der Waals surface area contributed by atoms with Crippen molar-refractivity contribution in [1.29, 1.82) is 0 Å². The highest BCUT2D eigenvalue weighted by Crippen LogP contribution is 2.37. The number of thioether (sulfide) groups is 2. The Morgan fingerprint density at radius 3 is 3.24 bits per heavy atom. The third-order valence-corrected chi connectivity index (χ3v) is 6.30. The van der Waals surface area contributed by atoms with Crippen LogP contribution in [-0.2, 0) is 0 Å². The van der Waals surface area contributed by atoms with Gasteiger partial charge in [0.05, 0.1) is 11.6 Å². The highest BCUT2D eigenvalue weighted by atomic mass is 32.2. The number of rotatable bonds is 2. The first kappa shape index (κ1) is 14.0. The summed E-state index contributed by atoms with van der Waals surface area (Å²) in [4.78, 5) is 12.0. The number of nitrogens with zero attached hydrogens (tertiary/aromatic N) is 3. The summed E-state index contributed by atoms with van der Waals surface area (Å²) in [5, 5.41) is 8.20. The molecule has 2 bridgehead atoms. The zero-order chi connectivity index (χ0) is 14.4. The molecule has 2 atom stereocenters. The summed E-state index contributed by atoms with van der Waals surface area (Å²) in [6.45, 7) is 5.42. The van der Waals surface area contributed by atoms with Gasteiger partial charge in [0.15, 0.2) is 10.3 Å². The van der Waals surface area contributed by atoms with Crippen molar-refractivity contribution >= 4 is 33.9 Å². The second kappa shape index (κ2) is 5.23. The lowest BCUT2D eigenvalue weighted by Gasteiger charge is -2.33. The van der Waals surface area contributed by atoms with Crippen molar-refractivity contribution < 1.29 is 0 Å². The number of nitrogens with one attached hydrogen (secondary N) is 1. The number of hydrogen-bond acceptors (Lipinski definition) is 6. The van der Waals surface area contributed by atoms with Gasteiger partial charge in [0.1, 0.15) is 0 Å². The maximum atomic E-state index is 4.86. The normalized spacial score (nSPS) is 33.0. The third kappa shape index (κ3) is 2.84. The van der Waals surface area contributed by atoms with Crippen molar-refractivity contribution in [1.82, 2.24) is 10.2 Å². The molecule has 4 aliphatic rings. The molecule has 21 heavy (non-hydrogen) atoms. The smallest absolute Gasteiger partial charge is 0.168 e. The summed E-state index contributed by atoms with van der Waals surface area (Å²) >= 11 is 3.63. The van der Waals surface area contributed by atoms with Crippen LogP contribution in [0, 0.1) is 0 Å². The molecular weight excluding hydrogens is 300 g/mol. The monoisotopic (exact) mass is 322 g/mol. The minimum absolute atomic E-state index is 0.0597. The lowest BCUT2D eigenvalue weighted by molar-refractivity contribution is 0.355. The average Bonchev–Trinajstić information content (AvgIpc) is 2.91. The molecule has 1 aliphatic carbocycles. The van der Waals surface area contributed by atoms with E-state index in [9.17, 15) is 0 Å². The molecule has 6 heteroatoms. The van der Waals surface area contributed by atoms with Crippen LogP contribution in [0.15, 0.2) is 21.1 Å². The van der Waals surface area contributed by atoms with Gasteiger partial charge in [0.25, 0.3) is 0 Å². The molecule has 1 saturated carbocycles. The van der Waals surface area contributed by atoms with Crippen LogP contribution in [-0.4, -0.2) is 45.2 Å². The van der Waals surface area contributed by atoms with Gasteiger partial charge in [0, 0.05) is 24.0 Å². The minimum Gasteiger partial charge on any atom is -0.362 e. The van der Waals surface area contributed by atoms with E-state index in [1.807, 2.05) is 11.8 Å². The van der Waals surface area contributed by atoms with Crippen molar-refractivity contribution in [2.24, 2.45) is 9.98 Å². The van der Waals surface area contributed by atoms with Gasteiger partial charge in [-0.05, 0) is 44.9 Å². The highest BCUT2D eigenvalue weighted by molar-refractivity contribution is 8.17. The van der Waals surface area contributed by atoms with E-state index in [0.717, 1.165) is 17.5 Å². The molecule has 1 N–H and O–H groups in total. The molecule has 4 nitrogen and oxygen atoms in total. The van der Waals surface area contributed by atoms with Crippen molar-refractivity contribution in [2.45, 2.75) is 57.2 Å². The van der Waals surface area contributed by atoms with Crippen molar-refractivity contribution in [2.75, 3.05) is 12.3 Å². The molecule has 0 radical (unpaired) electrons. The van der Waals surface area contributed by atoms with Gasteiger partial charge in [-0.25, -0.2) is 0 Å². The first-order chi connectivity index (χ1) is 10.1. The Bertz CT molecular complexity index is 538. The second-order valence-electron chi connectivity index (χ2n) is 6.90. The van der Waals surface area contributed by atoms with Gasteiger partial charge in [-0.15, -0.1) is 0 Å². The van der Waals surface area contributed by atoms with Crippen molar-refractivity contribution in [3.8, 4) is 0 Å². The van der Waals surface area contributed by atoms with E-state index in [1.165, 1.54) is 36.5 Å². The van der Waals surface area contributed by atoms with Crippen LogP contribution in [0.1, 0.15) is 39.5 Å². The van der Waals surface area contributed by atoms with E-state index < -0.39 is 0 Å². The van der Waals surface area contributed by atoms with Crippen LogP contribution in [0.4, 0.5) is 0 Å². The Hall–Kier alpha value is -0.620. The van der Waals surface area contributed by atoms with Crippen LogP contribution < -0.4 is 5.32 Å². The van der Waals surface area contributed by atoms with Crippen LogP contribution in [0.5, 0.6) is 0 Å². The van der Waals surface area contributed by atoms with Crippen LogP contribution in [0.2, 0.25) is 0 Å². The lowest BCUT2D eigenvalue weighted by Crippen LogP contribution is -2.43. The van der Waals surface area contributed by atoms with Gasteiger partial charge in [-0.3, -0.25) is 9.98 Å². The predicted molar refractivity (Wildman–Crippen MR) is 93.0 cm³/mol. The number of aliphatic imine (C=N–C) groups is 2. The maximum Gasteiger partial charge on any atom is 0.168 e. The summed E-state index contributed by atoms with van der Waals surface area (Å²) in [7, 11) is 0. The van der Waals surface area contributed by atoms with E-state index in [4.69, 9.17) is 9.98 Å². The molecule has 0 amide bonds. The third-order valence-electron chi connectivity index (χ3n) is 4.45. The summed E-state index contributed by atoms with van der Waals surface area (Å²) < 4.78 is 0. The zero-order valence-corrected chi connectivity index (χ0v) is 14.3. The summed E-state index contributed by atoms with van der Waals surface area (Å²) in [5.74, 6) is 0.993. The standard InChI is InChI=1S/C15H22N4S2/c1-15(2)9-19-12(8-21-14(19)18-15)7-20-13-16-10-4-3-5-11(6-10)17-13/h8,10-11H,3-7,9H2,1-2H3,(H,16,17)/t10-,11-/m0/s1. The molecule has 114 valence electrons. The van der Waals surface area contributed by atoms with E-state index in [1.54, 1.807) is 11.8 Å². The van der Waals surface area contributed by atoms with E-state index in [-0.39, 0.29) is 5.54 Å². The Morgan fingerprint density at radius 2 is 2.38 bits per heavy atom. The molecule has 1 fully saturated rings. The van der Waals surface area contributed by atoms with Crippen LogP contribution in [0.25, 0.3) is 0 Å². The first-order valence-electron chi connectivity index (χ1n) is 7.79. The molecule has 0 aromatic rings. The number of hydrogen-bond donors (Lipinski definition) is 1.